The van der Waals surface area contributed by atoms with E-state index in [1.54, 1.807) is 13.3 Å². The van der Waals surface area contributed by atoms with E-state index in [0.717, 1.165) is 68.1 Å². The van der Waals surface area contributed by atoms with E-state index in [1.807, 2.05) is 56.3 Å². The van der Waals surface area contributed by atoms with Crippen LogP contribution in [-0.4, -0.2) is 65.7 Å². The molecule has 0 saturated carbocycles. The number of nitrogens with zero attached hydrogens (tertiary/aromatic N) is 3. The molecular formula is C28H35N5O3. The van der Waals surface area contributed by atoms with Gasteiger partial charge in [0.15, 0.2) is 5.65 Å². The molecule has 1 amide bonds. The number of amides is 1. The van der Waals surface area contributed by atoms with Crippen LogP contribution in [0.4, 0.5) is 5.69 Å². The number of nitrogens with one attached hydrogen (secondary N) is 2. The van der Waals surface area contributed by atoms with Gasteiger partial charge in [-0.3, -0.25) is 9.69 Å². The Balaban J connectivity index is 0.00000148. The first kappa shape index (κ1) is 25.6. The molecule has 3 heterocycles. The van der Waals surface area contributed by atoms with Gasteiger partial charge in [0, 0.05) is 37.0 Å². The monoisotopic (exact) mass is 489 g/mol. The normalized spacial score (nSPS) is 18.4. The number of aromatic amines is 1. The highest BCUT2D eigenvalue weighted by Gasteiger charge is 2.24. The number of hydrogen-bond donors (Lipinski definition) is 2. The van der Waals surface area contributed by atoms with Crippen molar-refractivity contribution in [3.05, 3.63) is 66.1 Å². The van der Waals surface area contributed by atoms with Gasteiger partial charge in [-0.05, 0) is 43.2 Å². The van der Waals surface area contributed by atoms with E-state index in [1.165, 1.54) is 0 Å². The molecule has 1 aliphatic heterocycles. The number of hydrogen-bond acceptors (Lipinski definition) is 6. The first-order valence-electron chi connectivity index (χ1n) is 12.7. The molecule has 0 bridgehead atoms. The van der Waals surface area contributed by atoms with Crippen molar-refractivity contribution in [2.45, 2.75) is 26.7 Å². The second-order valence-corrected chi connectivity index (χ2v) is 8.53. The first-order chi connectivity index (χ1) is 17.7. The summed E-state index contributed by atoms with van der Waals surface area (Å²) in [5, 5.41) is 3.12. The fourth-order valence-electron chi connectivity index (χ4n) is 4.46. The summed E-state index contributed by atoms with van der Waals surface area (Å²) in [6.07, 6.45) is 7.42. The van der Waals surface area contributed by atoms with E-state index in [2.05, 4.69) is 31.2 Å². The number of anilines is 1. The van der Waals surface area contributed by atoms with E-state index >= 15 is 0 Å². The Labute approximate surface area is 212 Å². The third-order valence-corrected chi connectivity index (χ3v) is 6.29. The average Bonchev–Trinajstić information content (AvgIpc) is 3.25. The van der Waals surface area contributed by atoms with E-state index in [9.17, 15) is 4.79 Å². The number of aromatic nitrogens is 3. The maximum atomic E-state index is 13.3. The quantitative estimate of drug-likeness (QED) is 0.517. The lowest BCUT2D eigenvalue weighted by atomic mass is 10.0. The number of carbonyl (C=O) groups is 1. The van der Waals surface area contributed by atoms with Gasteiger partial charge in [-0.1, -0.05) is 32.1 Å². The zero-order valence-corrected chi connectivity index (χ0v) is 21.3. The van der Waals surface area contributed by atoms with Crippen LogP contribution in [0.5, 0.6) is 0 Å². The third kappa shape index (κ3) is 6.01. The van der Waals surface area contributed by atoms with Gasteiger partial charge in [0.25, 0.3) is 0 Å². The molecule has 3 aromatic rings. The van der Waals surface area contributed by atoms with Crippen molar-refractivity contribution >= 4 is 22.8 Å². The molecule has 2 aliphatic rings. The van der Waals surface area contributed by atoms with Crippen LogP contribution in [0.1, 0.15) is 26.7 Å². The van der Waals surface area contributed by atoms with Crippen molar-refractivity contribution in [1.82, 2.24) is 19.9 Å². The molecule has 2 aromatic heterocycles. The highest BCUT2D eigenvalue weighted by atomic mass is 16.5. The molecule has 5 rings (SSSR count). The summed E-state index contributed by atoms with van der Waals surface area (Å²) in [4.78, 5) is 27.9. The molecule has 1 aliphatic carbocycles. The van der Waals surface area contributed by atoms with Crippen LogP contribution in [-0.2, 0) is 14.3 Å². The number of benzene rings is 1. The van der Waals surface area contributed by atoms with Crippen molar-refractivity contribution in [2.75, 3.05) is 45.3 Å². The number of allylic oxidation sites excluding steroid dienone is 1. The van der Waals surface area contributed by atoms with Gasteiger partial charge in [-0.15, -0.1) is 0 Å². The van der Waals surface area contributed by atoms with E-state index in [4.69, 9.17) is 9.47 Å². The fourth-order valence-corrected chi connectivity index (χ4v) is 4.46. The molecule has 0 spiro atoms. The Morgan fingerprint density at radius 2 is 2.00 bits per heavy atom. The number of pyridine rings is 1. The molecule has 1 unspecified atom stereocenters. The molecule has 1 fully saturated rings. The van der Waals surface area contributed by atoms with Gasteiger partial charge in [-0.25, -0.2) is 9.97 Å². The second-order valence-electron chi connectivity index (χ2n) is 8.53. The predicted octanol–water partition coefficient (Wildman–Crippen LogP) is 4.79. The summed E-state index contributed by atoms with van der Waals surface area (Å²) in [5.41, 5.74) is 4.17. The topological polar surface area (TPSA) is 92.4 Å². The maximum Gasteiger partial charge on any atom is 0.231 e. The zero-order valence-electron chi connectivity index (χ0n) is 21.3. The number of imidazole rings is 1. The van der Waals surface area contributed by atoms with Gasteiger partial charge in [0.05, 0.1) is 37.4 Å². The second kappa shape index (κ2) is 12.5. The molecule has 1 aromatic carbocycles. The lowest BCUT2D eigenvalue weighted by Gasteiger charge is -2.27. The van der Waals surface area contributed by atoms with Gasteiger partial charge < -0.3 is 19.8 Å². The summed E-state index contributed by atoms with van der Waals surface area (Å²) in [6.45, 7) is 8.13. The Bertz CT molecular complexity index is 1190. The van der Waals surface area contributed by atoms with Gasteiger partial charge in [-0.2, -0.15) is 0 Å². The standard InChI is InChI=1S/C26H29N5O3.C2H6/c1-33-23-16-18(6-4-7-19(23)17-31-12-14-34-15-13-31)26(32)29-21-9-3-2-8-20(21)24-28-22-10-5-11-27-25(22)30-24;1-2/h2-3,5,7-11,16,18H,4,6,12-15,17H2,1H3,(H,29,32)(H,27,28,30);1-2H3. The number of rotatable bonds is 6. The lowest BCUT2D eigenvalue weighted by Crippen LogP contribution is -2.37. The minimum absolute atomic E-state index is 0.0581. The summed E-state index contributed by atoms with van der Waals surface area (Å²) < 4.78 is 11.2. The van der Waals surface area contributed by atoms with Crippen molar-refractivity contribution in [2.24, 2.45) is 5.92 Å². The highest BCUT2D eigenvalue weighted by molar-refractivity contribution is 5.97. The van der Waals surface area contributed by atoms with Crippen LogP contribution in [0.2, 0.25) is 0 Å². The molecule has 1 saturated heterocycles. The number of carbonyl (C=O) groups excluding carboxylic acids is 1. The third-order valence-electron chi connectivity index (χ3n) is 6.29. The average molecular weight is 490 g/mol. The SMILES string of the molecule is CC.COC1=CC(C(=O)Nc2ccccc2-c2nc3ncccc3[nH]2)CCC=C1CN1CCOCC1. The van der Waals surface area contributed by atoms with Crippen LogP contribution in [0, 0.1) is 5.92 Å². The van der Waals surface area contributed by atoms with Crippen LogP contribution in [0.15, 0.2) is 66.1 Å². The minimum atomic E-state index is -0.293. The molecule has 190 valence electrons. The van der Waals surface area contributed by atoms with Crippen LogP contribution in [0.3, 0.4) is 0 Å². The first-order valence-corrected chi connectivity index (χ1v) is 12.7. The van der Waals surface area contributed by atoms with Gasteiger partial charge in [0.2, 0.25) is 5.91 Å². The molecular weight excluding hydrogens is 454 g/mol. The lowest BCUT2D eigenvalue weighted by molar-refractivity contribution is -0.118. The van der Waals surface area contributed by atoms with E-state index < -0.39 is 0 Å². The van der Waals surface area contributed by atoms with Gasteiger partial charge in [0.1, 0.15) is 11.6 Å². The van der Waals surface area contributed by atoms with E-state index in [-0.39, 0.29) is 11.8 Å². The zero-order chi connectivity index (χ0) is 25.3. The summed E-state index contributed by atoms with van der Waals surface area (Å²) in [6, 6.07) is 11.5. The smallest absolute Gasteiger partial charge is 0.231 e. The molecule has 2 N–H and O–H groups in total. The number of fused-ring (bicyclic) bond motifs is 1. The van der Waals surface area contributed by atoms with Crippen molar-refractivity contribution < 1.29 is 14.3 Å². The summed E-state index contributed by atoms with van der Waals surface area (Å²) in [5.74, 6) is 1.10. The molecule has 8 heteroatoms. The molecule has 8 nitrogen and oxygen atoms in total. The predicted molar refractivity (Wildman–Crippen MR) is 142 cm³/mol. The summed E-state index contributed by atoms with van der Waals surface area (Å²) >= 11 is 0. The maximum absolute atomic E-state index is 13.3. The van der Waals surface area contributed by atoms with Crippen molar-refractivity contribution in [3.8, 4) is 11.4 Å². The van der Waals surface area contributed by atoms with Crippen molar-refractivity contribution in [3.63, 3.8) is 0 Å². The largest absolute Gasteiger partial charge is 0.497 e. The minimum Gasteiger partial charge on any atom is -0.497 e. The van der Waals surface area contributed by atoms with Gasteiger partial charge >= 0.3 is 0 Å². The summed E-state index contributed by atoms with van der Waals surface area (Å²) in [7, 11) is 1.67. The Morgan fingerprint density at radius 1 is 1.19 bits per heavy atom. The van der Waals surface area contributed by atoms with Crippen molar-refractivity contribution in [1.29, 1.82) is 0 Å². The fraction of sp³-hybridized carbons (Fsp3) is 0.393. The van der Waals surface area contributed by atoms with Crippen LogP contribution < -0.4 is 5.32 Å². The Hall–Kier alpha value is -3.49. The molecule has 0 radical (unpaired) electrons. The number of methoxy groups -OCH3 is 1. The number of para-hydroxylation sites is 1. The number of H-pyrrole nitrogens is 1. The number of ether oxygens (including phenoxy) is 2. The van der Waals surface area contributed by atoms with Crippen LogP contribution >= 0.6 is 0 Å². The van der Waals surface area contributed by atoms with Crippen LogP contribution in [0.25, 0.3) is 22.6 Å². The highest BCUT2D eigenvalue weighted by Crippen LogP contribution is 2.29. The molecule has 1 atom stereocenters. The van der Waals surface area contributed by atoms with E-state index in [0.29, 0.717) is 17.2 Å². The Kier molecular flexibility index (Phi) is 8.86. The number of morpholine rings is 1. The Morgan fingerprint density at radius 3 is 2.78 bits per heavy atom. The molecule has 36 heavy (non-hydrogen) atoms.